The average Bonchev–Trinajstić information content (AvgIpc) is 3.22. The molecular formula is C19H15N5O. The van der Waals surface area contributed by atoms with Gasteiger partial charge in [-0.05, 0) is 41.5 Å². The minimum atomic E-state index is 0.561. The van der Waals surface area contributed by atoms with Crippen molar-refractivity contribution in [1.29, 1.82) is 0 Å². The van der Waals surface area contributed by atoms with E-state index in [2.05, 4.69) is 25.3 Å². The Morgan fingerprint density at radius 1 is 0.880 bits per heavy atom. The van der Waals surface area contributed by atoms with Gasteiger partial charge in [0.1, 0.15) is 0 Å². The summed E-state index contributed by atoms with van der Waals surface area (Å²) in [6, 6.07) is 9.67. The summed E-state index contributed by atoms with van der Waals surface area (Å²) in [6.07, 6.45) is 12.2. The van der Waals surface area contributed by atoms with Crippen LogP contribution in [-0.2, 0) is 6.54 Å². The summed E-state index contributed by atoms with van der Waals surface area (Å²) >= 11 is 0. The molecule has 0 atom stereocenters. The van der Waals surface area contributed by atoms with Crippen LogP contribution in [-0.4, -0.2) is 19.9 Å². The Kier molecular flexibility index (Phi) is 4.16. The van der Waals surface area contributed by atoms with Crippen LogP contribution in [0.2, 0.25) is 0 Å². The van der Waals surface area contributed by atoms with Gasteiger partial charge in [-0.25, -0.2) is 9.97 Å². The van der Waals surface area contributed by atoms with Crippen LogP contribution in [0.4, 0.5) is 5.95 Å². The molecule has 4 rings (SSSR count). The summed E-state index contributed by atoms with van der Waals surface area (Å²) in [7, 11) is 0. The van der Waals surface area contributed by atoms with E-state index in [0.717, 1.165) is 27.9 Å². The van der Waals surface area contributed by atoms with Crippen molar-refractivity contribution in [2.24, 2.45) is 0 Å². The monoisotopic (exact) mass is 329 g/mol. The van der Waals surface area contributed by atoms with Crippen LogP contribution >= 0.6 is 0 Å². The minimum Gasteiger partial charge on any atom is -0.472 e. The second-order valence-electron chi connectivity index (χ2n) is 5.41. The van der Waals surface area contributed by atoms with E-state index < -0.39 is 0 Å². The van der Waals surface area contributed by atoms with Crippen molar-refractivity contribution < 1.29 is 4.42 Å². The number of rotatable bonds is 5. The summed E-state index contributed by atoms with van der Waals surface area (Å²) in [5, 5.41) is 3.25. The van der Waals surface area contributed by atoms with Gasteiger partial charge in [-0.1, -0.05) is 0 Å². The SMILES string of the molecule is c1cc(CNc2ncc(-c3ccncc3)c(-c3ccoc3)n2)ccn1. The molecule has 0 aliphatic heterocycles. The van der Waals surface area contributed by atoms with Gasteiger partial charge in [0.05, 0.1) is 18.2 Å². The number of nitrogens with one attached hydrogen (secondary N) is 1. The van der Waals surface area contributed by atoms with Crippen LogP contribution in [0, 0.1) is 0 Å². The third kappa shape index (κ3) is 3.37. The van der Waals surface area contributed by atoms with E-state index in [4.69, 9.17) is 4.42 Å². The number of anilines is 1. The Bertz CT molecular complexity index is 940. The molecule has 0 amide bonds. The second kappa shape index (κ2) is 6.92. The van der Waals surface area contributed by atoms with Crippen LogP contribution in [0.3, 0.4) is 0 Å². The molecule has 0 spiro atoms. The molecule has 4 heterocycles. The van der Waals surface area contributed by atoms with Crippen LogP contribution < -0.4 is 5.32 Å². The number of nitrogens with zero attached hydrogens (tertiary/aromatic N) is 4. The molecule has 1 N–H and O–H groups in total. The quantitative estimate of drug-likeness (QED) is 0.600. The molecule has 0 bridgehead atoms. The lowest BCUT2D eigenvalue weighted by molar-refractivity contribution is 0.568. The van der Waals surface area contributed by atoms with E-state index >= 15 is 0 Å². The van der Waals surface area contributed by atoms with Crippen LogP contribution in [0.15, 0.2) is 78.3 Å². The first kappa shape index (κ1) is 15.0. The molecule has 4 aromatic heterocycles. The lowest BCUT2D eigenvalue weighted by atomic mass is 10.0. The minimum absolute atomic E-state index is 0.561. The van der Waals surface area contributed by atoms with E-state index in [-0.39, 0.29) is 0 Å². The zero-order chi connectivity index (χ0) is 16.9. The van der Waals surface area contributed by atoms with Gasteiger partial charge in [-0.2, -0.15) is 0 Å². The summed E-state index contributed by atoms with van der Waals surface area (Å²) in [6.45, 7) is 0.627. The van der Waals surface area contributed by atoms with Gasteiger partial charge >= 0.3 is 0 Å². The molecule has 0 aromatic carbocycles. The molecule has 4 aromatic rings. The van der Waals surface area contributed by atoms with Crippen molar-refractivity contribution >= 4 is 5.95 Å². The fraction of sp³-hybridized carbons (Fsp3) is 0.0526. The van der Waals surface area contributed by atoms with Crippen LogP contribution in [0.1, 0.15) is 5.56 Å². The first-order chi connectivity index (χ1) is 12.4. The topological polar surface area (TPSA) is 76.7 Å². The highest BCUT2D eigenvalue weighted by molar-refractivity contribution is 5.80. The summed E-state index contributed by atoms with van der Waals surface area (Å²) in [5.74, 6) is 0.561. The molecule has 6 nitrogen and oxygen atoms in total. The number of aromatic nitrogens is 4. The molecule has 0 unspecified atom stereocenters. The summed E-state index contributed by atoms with van der Waals surface area (Å²) in [4.78, 5) is 17.2. The Morgan fingerprint density at radius 3 is 2.36 bits per heavy atom. The highest BCUT2D eigenvalue weighted by Crippen LogP contribution is 2.30. The molecule has 0 saturated heterocycles. The van der Waals surface area contributed by atoms with Gasteiger partial charge in [0.25, 0.3) is 0 Å². The van der Waals surface area contributed by atoms with Crippen molar-refractivity contribution in [1.82, 2.24) is 19.9 Å². The maximum Gasteiger partial charge on any atom is 0.223 e. The summed E-state index contributed by atoms with van der Waals surface area (Å²) < 4.78 is 5.23. The van der Waals surface area contributed by atoms with Gasteiger partial charge in [0.2, 0.25) is 5.95 Å². The molecule has 0 radical (unpaired) electrons. The number of pyridine rings is 2. The Labute approximate surface area is 144 Å². The lowest BCUT2D eigenvalue weighted by Gasteiger charge is -2.10. The zero-order valence-corrected chi connectivity index (χ0v) is 13.3. The standard InChI is InChI=1S/C19H15N5O/c1-6-20-7-2-14(1)11-22-19-23-12-17(15-3-8-21-9-4-15)18(24-19)16-5-10-25-13-16/h1-10,12-13H,11H2,(H,22,23,24). The van der Waals surface area contributed by atoms with Crippen LogP contribution in [0.25, 0.3) is 22.4 Å². The van der Waals surface area contributed by atoms with Gasteiger partial charge in [0, 0.05) is 48.7 Å². The predicted octanol–water partition coefficient (Wildman–Crippen LogP) is 3.81. The lowest BCUT2D eigenvalue weighted by Crippen LogP contribution is -2.05. The smallest absolute Gasteiger partial charge is 0.223 e. The van der Waals surface area contributed by atoms with Crippen molar-refractivity contribution in [3.63, 3.8) is 0 Å². The number of hydrogen-bond donors (Lipinski definition) is 1. The largest absolute Gasteiger partial charge is 0.472 e. The second-order valence-corrected chi connectivity index (χ2v) is 5.41. The number of hydrogen-bond acceptors (Lipinski definition) is 6. The summed E-state index contributed by atoms with van der Waals surface area (Å²) in [5.41, 5.74) is 4.76. The van der Waals surface area contributed by atoms with Crippen molar-refractivity contribution in [3.8, 4) is 22.4 Å². The van der Waals surface area contributed by atoms with Crippen molar-refractivity contribution in [3.05, 3.63) is 79.4 Å². The fourth-order valence-electron chi connectivity index (χ4n) is 2.51. The molecule has 6 heteroatoms. The van der Waals surface area contributed by atoms with E-state index in [0.29, 0.717) is 12.5 Å². The van der Waals surface area contributed by atoms with E-state index in [1.807, 2.05) is 36.5 Å². The third-order valence-electron chi connectivity index (χ3n) is 3.77. The van der Waals surface area contributed by atoms with Gasteiger partial charge in [-0.15, -0.1) is 0 Å². The Morgan fingerprint density at radius 2 is 1.64 bits per heavy atom. The molecule has 25 heavy (non-hydrogen) atoms. The first-order valence-electron chi connectivity index (χ1n) is 7.83. The maximum absolute atomic E-state index is 5.23. The first-order valence-corrected chi connectivity index (χ1v) is 7.83. The molecule has 0 aliphatic rings. The van der Waals surface area contributed by atoms with E-state index in [9.17, 15) is 0 Å². The number of furan rings is 1. The molecule has 0 saturated carbocycles. The molecule has 0 aliphatic carbocycles. The van der Waals surface area contributed by atoms with E-state index in [1.165, 1.54) is 0 Å². The maximum atomic E-state index is 5.23. The van der Waals surface area contributed by atoms with Crippen LogP contribution in [0.5, 0.6) is 0 Å². The van der Waals surface area contributed by atoms with E-state index in [1.54, 1.807) is 37.3 Å². The van der Waals surface area contributed by atoms with Crippen molar-refractivity contribution in [2.45, 2.75) is 6.54 Å². The zero-order valence-electron chi connectivity index (χ0n) is 13.3. The average molecular weight is 329 g/mol. The normalized spacial score (nSPS) is 10.6. The Hall–Kier alpha value is -3.54. The Balaban J connectivity index is 1.68. The van der Waals surface area contributed by atoms with Crippen molar-refractivity contribution in [2.75, 3.05) is 5.32 Å². The third-order valence-corrected chi connectivity index (χ3v) is 3.77. The highest BCUT2D eigenvalue weighted by atomic mass is 16.3. The molecule has 0 fully saturated rings. The van der Waals surface area contributed by atoms with Gasteiger partial charge < -0.3 is 9.73 Å². The van der Waals surface area contributed by atoms with Gasteiger partial charge in [-0.3, -0.25) is 9.97 Å². The highest BCUT2D eigenvalue weighted by Gasteiger charge is 2.12. The predicted molar refractivity (Wildman–Crippen MR) is 94.5 cm³/mol. The molecular weight excluding hydrogens is 314 g/mol. The fourth-order valence-corrected chi connectivity index (χ4v) is 2.51. The van der Waals surface area contributed by atoms with Gasteiger partial charge in [0.15, 0.2) is 0 Å². The molecule has 122 valence electrons.